The van der Waals surface area contributed by atoms with Crippen LogP contribution in [0.15, 0.2) is 12.4 Å². The Balaban J connectivity index is 3.00. The zero-order valence-corrected chi connectivity index (χ0v) is 5.53. The molecule has 0 unspecified atom stereocenters. The fourth-order valence-corrected chi connectivity index (χ4v) is 0.520. The number of hydrogen-bond acceptors (Lipinski definition) is 4. The SMILES string of the molecule is CC(=O)c1cnc(N)cn1. The molecular weight excluding hydrogens is 130 g/mol. The van der Waals surface area contributed by atoms with Gasteiger partial charge < -0.3 is 5.73 Å². The Labute approximate surface area is 58.1 Å². The second-order valence-corrected chi connectivity index (χ2v) is 1.88. The molecule has 1 aromatic heterocycles. The minimum atomic E-state index is -0.104. The summed E-state index contributed by atoms with van der Waals surface area (Å²) >= 11 is 0. The number of anilines is 1. The van der Waals surface area contributed by atoms with E-state index < -0.39 is 0 Å². The number of Topliss-reactive ketones (excluding diaryl/α,β-unsaturated/α-hetero) is 1. The van der Waals surface area contributed by atoms with Crippen LogP contribution in [0.2, 0.25) is 0 Å². The van der Waals surface area contributed by atoms with Gasteiger partial charge in [-0.25, -0.2) is 9.97 Å². The average molecular weight is 137 g/mol. The van der Waals surface area contributed by atoms with Gasteiger partial charge in [-0.1, -0.05) is 0 Å². The summed E-state index contributed by atoms with van der Waals surface area (Å²) in [5.74, 6) is 0.220. The first-order chi connectivity index (χ1) is 4.70. The highest BCUT2D eigenvalue weighted by Gasteiger charge is 1.98. The number of nitrogens with two attached hydrogens (primary N) is 1. The van der Waals surface area contributed by atoms with Gasteiger partial charge >= 0.3 is 0 Å². The maximum absolute atomic E-state index is 10.6. The predicted octanol–water partition coefficient (Wildman–Crippen LogP) is 0.261. The van der Waals surface area contributed by atoms with Crippen molar-refractivity contribution in [1.29, 1.82) is 0 Å². The van der Waals surface area contributed by atoms with Crippen LogP contribution in [-0.4, -0.2) is 15.8 Å². The van der Waals surface area contributed by atoms with Crippen molar-refractivity contribution >= 4 is 11.6 Å². The van der Waals surface area contributed by atoms with Crippen molar-refractivity contribution in [1.82, 2.24) is 9.97 Å². The van der Waals surface area contributed by atoms with E-state index in [9.17, 15) is 4.79 Å². The smallest absolute Gasteiger partial charge is 0.179 e. The van der Waals surface area contributed by atoms with Crippen molar-refractivity contribution in [3.05, 3.63) is 18.1 Å². The van der Waals surface area contributed by atoms with Crippen LogP contribution in [-0.2, 0) is 0 Å². The van der Waals surface area contributed by atoms with Gasteiger partial charge in [0.1, 0.15) is 11.5 Å². The topological polar surface area (TPSA) is 68.9 Å². The van der Waals surface area contributed by atoms with E-state index >= 15 is 0 Å². The Hall–Kier alpha value is -1.45. The van der Waals surface area contributed by atoms with Gasteiger partial charge in [-0.3, -0.25) is 4.79 Å². The third-order valence-electron chi connectivity index (χ3n) is 1.03. The summed E-state index contributed by atoms with van der Waals surface area (Å²) in [6.45, 7) is 1.43. The molecule has 52 valence electrons. The van der Waals surface area contributed by atoms with Gasteiger partial charge in [-0.05, 0) is 0 Å². The Morgan fingerprint density at radius 1 is 1.50 bits per heavy atom. The van der Waals surface area contributed by atoms with Crippen LogP contribution in [0.3, 0.4) is 0 Å². The highest BCUT2D eigenvalue weighted by atomic mass is 16.1. The number of carbonyl (C=O) groups is 1. The quantitative estimate of drug-likeness (QED) is 0.564. The van der Waals surface area contributed by atoms with E-state index in [-0.39, 0.29) is 5.78 Å². The predicted molar refractivity (Wildman–Crippen MR) is 36.4 cm³/mol. The molecule has 10 heavy (non-hydrogen) atoms. The summed E-state index contributed by atoms with van der Waals surface area (Å²) in [6, 6.07) is 0. The van der Waals surface area contributed by atoms with Crippen LogP contribution in [0.1, 0.15) is 17.4 Å². The van der Waals surface area contributed by atoms with Crippen LogP contribution in [0, 0.1) is 0 Å². The van der Waals surface area contributed by atoms with Crippen molar-refractivity contribution < 1.29 is 4.79 Å². The molecule has 0 fully saturated rings. The molecule has 4 nitrogen and oxygen atoms in total. The zero-order valence-electron chi connectivity index (χ0n) is 5.53. The van der Waals surface area contributed by atoms with Gasteiger partial charge in [-0.2, -0.15) is 0 Å². The van der Waals surface area contributed by atoms with E-state index in [4.69, 9.17) is 5.73 Å². The summed E-state index contributed by atoms with van der Waals surface area (Å²) in [7, 11) is 0. The second-order valence-electron chi connectivity index (χ2n) is 1.88. The Kier molecular flexibility index (Phi) is 1.62. The molecule has 0 saturated heterocycles. The third kappa shape index (κ3) is 1.28. The molecular formula is C6H7N3O. The minimum absolute atomic E-state index is 0.104. The van der Waals surface area contributed by atoms with E-state index in [1.54, 1.807) is 0 Å². The first-order valence-corrected chi connectivity index (χ1v) is 2.78. The van der Waals surface area contributed by atoms with Gasteiger partial charge in [0.2, 0.25) is 0 Å². The lowest BCUT2D eigenvalue weighted by Gasteiger charge is -1.92. The summed E-state index contributed by atoms with van der Waals surface area (Å²) in [4.78, 5) is 18.0. The van der Waals surface area contributed by atoms with Crippen molar-refractivity contribution in [2.45, 2.75) is 6.92 Å². The fraction of sp³-hybridized carbons (Fsp3) is 0.167. The molecule has 2 N–H and O–H groups in total. The molecule has 1 heterocycles. The molecule has 0 aliphatic carbocycles. The number of aromatic nitrogens is 2. The normalized spacial score (nSPS) is 9.30. The second kappa shape index (κ2) is 2.43. The largest absolute Gasteiger partial charge is 0.382 e. The minimum Gasteiger partial charge on any atom is -0.382 e. The number of rotatable bonds is 1. The van der Waals surface area contributed by atoms with Crippen molar-refractivity contribution in [3.8, 4) is 0 Å². The highest BCUT2D eigenvalue weighted by molar-refractivity contribution is 5.91. The fourth-order valence-electron chi connectivity index (χ4n) is 0.520. The van der Waals surface area contributed by atoms with E-state index in [0.717, 1.165) is 0 Å². The Morgan fingerprint density at radius 2 is 2.20 bits per heavy atom. The van der Waals surface area contributed by atoms with Crippen LogP contribution < -0.4 is 5.73 Å². The summed E-state index contributed by atoms with van der Waals surface area (Å²) < 4.78 is 0. The number of hydrogen-bond donors (Lipinski definition) is 1. The summed E-state index contributed by atoms with van der Waals surface area (Å²) in [5.41, 5.74) is 5.58. The molecule has 0 aliphatic heterocycles. The van der Waals surface area contributed by atoms with Crippen LogP contribution >= 0.6 is 0 Å². The Bertz CT molecular complexity index is 242. The van der Waals surface area contributed by atoms with Gasteiger partial charge in [0.25, 0.3) is 0 Å². The number of ketones is 1. The first-order valence-electron chi connectivity index (χ1n) is 2.78. The molecule has 0 atom stereocenters. The lowest BCUT2D eigenvalue weighted by molar-refractivity contribution is 0.101. The summed E-state index contributed by atoms with van der Waals surface area (Å²) in [6.07, 6.45) is 2.72. The third-order valence-corrected chi connectivity index (χ3v) is 1.03. The molecule has 0 saturated carbocycles. The monoisotopic (exact) mass is 137 g/mol. The van der Waals surface area contributed by atoms with Crippen LogP contribution in [0.25, 0.3) is 0 Å². The zero-order chi connectivity index (χ0) is 7.56. The van der Waals surface area contributed by atoms with E-state index in [2.05, 4.69) is 9.97 Å². The maximum Gasteiger partial charge on any atom is 0.179 e. The van der Waals surface area contributed by atoms with Gasteiger partial charge in [0.05, 0.1) is 12.4 Å². The average Bonchev–Trinajstić information content (AvgIpc) is 1.88. The number of nitrogen functional groups attached to an aromatic ring is 1. The van der Waals surface area contributed by atoms with E-state index in [1.165, 1.54) is 19.3 Å². The molecule has 1 rings (SSSR count). The molecule has 0 bridgehead atoms. The lowest BCUT2D eigenvalue weighted by Crippen LogP contribution is -1.99. The summed E-state index contributed by atoms with van der Waals surface area (Å²) in [5, 5.41) is 0. The first kappa shape index (κ1) is 6.67. The van der Waals surface area contributed by atoms with Gasteiger partial charge in [0, 0.05) is 6.92 Å². The highest BCUT2D eigenvalue weighted by Crippen LogP contribution is 1.95. The number of nitrogens with zero attached hydrogens (tertiary/aromatic N) is 2. The van der Waals surface area contributed by atoms with Crippen LogP contribution in [0.4, 0.5) is 5.82 Å². The molecule has 4 heteroatoms. The molecule has 0 spiro atoms. The van der Waals surface area contributed by atoms with Crippen molar-refractivity contribution in [2.24, 2.45) is 0 Å². The Morgan fingerprint density at radius 3 is 2.60 bits per heavy atom. The van der Waals surface area contributed by atoms with Crippen molar-refractivity contribution in [2.75, 3.05) is 5.73 Å². The molecule has 0 amide bonds. The number of carbonyl (C=O) groups excluding carboxylic acids is 1. The van der Waals surface area contributed by atoms with Gasteiger partial charge in [0.15, 0.2) is 5.78 Å². The van der Waals surface area contributed by atoms with Crippen LogP contribution in [0.5, 0.6) is 0 Å². The molecule has 0 radical (unpaired) electrons. The van der Waals surface area contributed by atoms with E-state index in [1.807, 2.05) is 0 Å². The molecule has 0 aliphatic rings. The van der Waals surface area contributed by atoms with E-state index in [0.29, 0.717) is 11.5 Å². The van der Waals surface area contributed by atoms with Crippen molar-refractivity contribution in [3.63, 3.8) is 0 Å². The lowest BCUT2D eigenvalue weighted by atomic mass is 10.3. The maximum atomic E-state index is 10.6. The molecule has 0 aromatic carbocycles. The standard InChI is InChI=1S/C6H7N3O/c1-4(10)5-2-9-6(7)3-8-5/h2-3H,1H3,(H2,7,9). The molecule has 1 aromatic rings. The van der Waals surface area contributed by atoms with Gasteiger partial charge in [-0.15, -0.1) is 0 Å².